The predicted octanol–water partition coefficient (Wildman–Crippen LogP) is 1.42. The van der Waals surface area contributed by atoms with E-state index in [1.165, 1.54) is 5.06 Å². The summed E-state index contributed by atoms with van der Waals surface area (Å²) >= 11 is 0. The van der Waals surface area contributed by atoms with E-state index in [9.17, 15) is 13.2 Å². The van der Waals surface area contributed by atoms with Crippen molar-refractivity contribution in [1.82, 2.24) is 19.7 Å². The summed E-state index contributed by atoms with van der Waals surface area (Å²) in [5, 5.41) is 4.37. The van der Waals surface area contributed by atoms with E-state index < -0.39 is 10.0 Å². The second-order valence-corrected chi connectivity index (χ2v) is 10.0. The first-order valence-electron chi connectivity index (χ1n) is 10.4. The molecule has 2 N–H and O–H groups in total. The summed E-state index contributed by atoms with van der Waals surface area (Å²) in [6, 6.07) is 7.37. The average molecular weight is 444 g/mol. The van der Waals surface area contributed by atoms with E-state index in [0.717, 1.165) is 24.1 Å². The molecule has 4 aliphatic heterocycles. The predicted molar refractivity (Wildman–Crippen MR) is 115 cm³/mol. The fourth-order valence-electron chi connectivity index (χ4n) is 4.75. The van der Waals surface area contributed by atoms with Crippen molar-refractivity contribution in [2.45, 2.75) is 31.8 Å². The first kappa shape index (κ1) is 20.3. The highest BCUT2D eigenvalue weighted by molar-refractivity contribution is 7.93. The number of benzene rings is 1. The first-order valence-corrected chi connectivity index (χ1v) is 11.8. The van der Waals surface area contributed by atoms with Crippen molar-refractivity contribution < 1.29 is 18.2 Å². The quantitative estimate of drug-likeness (QED) is 0.711. The Kier molecular flexibility index (Phi) is 5.09. The number of nitrogens with one attached hydrogen (secondary N) is 2. The van der Waals surface area contributed by atoms with E-state index in [1.807, 2.05) is 31.2 Å². The van der Waals surface area contributed by atoms with Gasteiger partial charge in [-0.1, -0.05) is 18.2 Å². The number of hydrogen-bond donors (Lipinski definition) is 2. The molecule has 0 aromatic heterocycles. The number of amides is 1. The Labute approximate surface area is 181 Å². The standard InChI is InChI=1S/C21H25N5O4S/c1-15-5-2-3-6-18(15)23-21(27)14-24-12-16-8-9-17(13-24)26(16)31(28,29)20-7-4-10-25-19(20)11-22-30-25/h2-7,10-11,16-17,22H,8-9,12-14H2,1H3,(H,23,27). The Morgan fingerprint density at radius 3 is 2.71 bits per heavy atom. The van der Waals surface area contributed by atoms with Crippen molar-refractivity contribution in [3.05, 3.63) is 65.0 Å². The van der Waals surface area contributed by atoms with E-state index >= 15 is 0 Å². The van der Waals surface area contributed by atoms with Crippen LogP contribution in [0.15, 0.2) is 59.4 Å². The van der Waals surface area contributed by atoms with Gasteiger partial charge in [-0.2, -0.15) is 9.24 Å². The molecular weight excluding hydrogens is 418 g/mol. The number of likely N-dealkylation sites (tertiary alicyclic amines) is 1. The van der Waals surface area contributed by atoms with Gasteiger partial charge in [-0.3, -0.25) is 9.69 Å². The Morgan fingerprint density at radius 2 is 1.97 bits per heavy atom. The lowest BCUT2D eigenvalue weighted by Crippen LogP contribution is -2.57. The van der Waals surface area contributed by atoms with Crippen LogP contribution in [0.5, 0.6) is 0 Å². The van der Waals surface area contributed by atoms with E-state index in [4.69, 9.17) is 4.94 Å². The van der Waals surface area contributed by atoms with Gasteiger partial charge in [-0.25, -0.2) is 19.0 Å². The van der Waals surface area contributed by atoms with Crippen LogP contribution in [0.1, 0.15) is 18.4 Å². The Morgan fingerprint density at radius 1 is 1.23 bits per heavy atom. The molecular formula is C21H25N5O4S. The van der Waals surface area contributed by atoms with Crippen LogP contribution in [0.3, 0.4) is 0 Å². The monoisotopic (exact) mass is 443 g/mol. The number of sulfonamides is 1. The zero-order chi connectivity index (χ0) is 21.6. The van der Waals surface area contributed by atoms with Crippen molar-refractivity contribution in [3.8, 4) is 0 Å². The maximum absolute atomic E-state index is 13.5. The zero-order valence-corrected chi connectivity index (χ0v) is 18.0. The molecule has 2 atom stereocenters. The second kappa shape index (κ2) is 7.79. The van der Waals surface area contributed by atoms with Crippen LogP contribution in [0.25, 0.3) is 0 Å². The fraction of sp³-hybridized carbons (Fsp3) is 0.381. The largest absolute Gasteiger partial charge is 0.325 e. The van der Waals surface area contributed by atoms with Gasteiger partial charge in [0.25, 0.3) is 0 Å². The Balaban J connectivity index is 1.28. The van der Waals surface area contributed by atoms with Gasteiger partial charge in [-0.15, -0.1) is 0 Å². The molecule has 31 heavy (non-hydrogen) atoms. The molecule has 0 aliphatic carbocycles. The number of allylic oxidation sites excluding steroid dienone is 2. The van der Waals surface area contributed by atoms with Crippen LogP contribution in [0.4, 0.5) is 5.69 Å². The van der Waals surface area contributed by atoms with Crippen molar-refractivity contribution in [2.24, 2.45) is 0 Å². The summed E-state index contributed by atoms with van der Waals surface area (Å²) in [6.45, 7) is 3.28. The fourth-order valence-corrected chi connectivity index (χ4v) is 6.77. The van der Waals surface area contributed by atoms with Gasteiger partial charge < -0.3 is 5.32 Å². The molecule has 2 fully saturated rings. The number of hydroxylamine groups is 3. The highest BCUT2D eigenvalue weighted by atomic mass is 32.2. The van der Waals surface area contributed by atoms with Gasteiger partial charge in [0, 0.05) is 37.1 Å². The third-order valence-corrected chi connectivity index (χ3v) is 8.19. The normalized spacial score (nSPS) is 25.6. The van der Waals surface area contributed by atoms with E-state index in [1.54, 1.807) is 28.9 Å². The van der Waals surface area contributed by atoms with Crippen LogP contribution in [-0.2, 0) is 19.8 Å². The molecule has 5 rings (SSSR count). The van der Waals surface area contributed by atoms with Crippen LogP contribution in [-0.4, -0.2) is 60.3 Å². The van der Waals surface area contributed by atoms with Gasteiger partial charge >= 0.3 is 0 Å². The molecule has 1 amide bonds. The average Bonchev–Trinajstić information content (AvgIpc) is 3.32. The Hall–Kier alpha value is -2.66. The number of nitrogens with zero attached hydrogens (tertiary/aromatic N) is 3. The molecule has 4 aliphatic rings. The molecule has 2 saturated heterocycles. The van der Waals surface area contributed by atoms with Crippen molar-refractivity contribution in [3.63, 3.8) is 0 Å². The molecule has 164 valence electrons. The third kappa shape index (κ3) is 3.65. The number of carbonyl (C=O) groups excluding carboxylic acids is 1. The molecule has 4 heterocycles. The lowest BCUT2D eigenvalue weighted by atomic mass is 10.2. The van der Waals surface area contributed by atoms with Gasteiger partial charge in [0.1, 0.15) is 10.6 Å². The second-order valence-electron chi connectivity index (χ2n) is 8.21. The first-order chi connectivity index (χ1) is 14.9. The van der Waals surface area contributed by atoms with Crippen LogP contribution in [0.2, 0.25) is 0 Å². The number of hydrogen-bond acceptors (Lipinski definition) is 7. The molecule has 0 saturated carbocycles. The molecule has 0 spiro atoms. The summed E-state index contributed by atoms with van der Waals surface area (Å²) in [6.07, 6.45) is 8.05. The maximum Gasteiger partial charge on any atom is 0.245 e. The smallest absolute Gasteiger partial charge is 0.245 e. The lowest BCUT2D eigenvalue weighted by Gasteiger charge is -2.40. The SMILES string of the molecule is Cc1ccccc1NC(=O)CN1CC2CCC(C1)N2S(=O)(=O)C1=CC=CN2ONC=C12. The molecule has 1 aromatic carbocycles. The molecule has 2 bridgehead atoms. The summed E-state index contributed by atoms with van der Waals surface area (Å²) < 4.78 is 28.7. The maximum atomic E-state index is 13.5. The topological polar surface area (TPSA) is 94.2 Å². The molecule has 9 nitrogen and oxygen atoms in total. The highest BCUT2D eigenvalue weighted by Crippen LogP contribution is 2.38. The number of piperazine rings is 1. The molecule has 10 heteroatoms. The molecule has 2 unspecified atom stereocenters. The number of rotatable bonds is 5. The van der Waals surface area contributed by atoms with E-state index in [0.29, 0.717) is 18.8 Å². The van der Waals surface area contributed by atoms with Crippen LogP contribution >= 0.6 is 0 Å². The minimum Gasteiger partial charge on any atom is -0.325 e. The number of aryl methyl sites for hydroxylation is 1. The van der Waals surface area contributed by atoms with Crippen molar-refractivity contribution in [1.29, 1.82) is 0 Å². The number of carbonyl (C=O) groups is 1. The third-order valence-electron chi connectivity index (χ3n) is 6.14. The summed E-state index contributed by atoms with van der Waals surface area (Å²) in [7, 11) is -3.70. The zero-order valence-electron chi connectivity index (χ0n) is 17.2. The van der Waals surface area contributed by atoms with E-state index in [2.05, 4.69) is 15.7 Å². The number of fused-ring (bicyclic) bond motifs is 3. The highest BCUT2D eigenvalue weighted by Gasteiger charge is 2.48. The van der Waals surface area contributed by atoms with Gasteiger partial charge in [0.05, 0.1) is 12.7 Å². The van der Waals surface area contributed by atoms with Gasteiger partial charge in [-0.05, 0) is 43.5 Å². The van der Waals surface area contributed by atoms with E-state index in [-0.39, 0.29) is 29.4 Å². The van der Waals surface area contributed by atoms with Gasteiger partial charge in [0.15, 0.2) is 0 Å². The van der Waals surface area contributed by atoms with Crippen LogP contribution in [0, 0.1) is 6.92 Å². The number of para-hydroxylation sites is 1. The van der Waals surface area contributed by atoms with Crippen molar-refractivity contribution in [2.75, 3.05) is 25.0 Å². The molecule has 0 radical (unpaired) electrons. The van der Waals surface area contributed by atoms with Crippen molar-refractivity contribution >= 4 is 21.6 Å². The molecule has 1 aromatic rings. The summed E-state index contributed by atoms with van der Waals surface area (Å²) in [5.74, 6) is -0.0832. The minimum atomic E-state index is -3.70. The van der Waals surface area contributed by atoms with Gasteiger partial charge in [0.2, 0.25) is 15.9 Å². The summed E-state index contributed by atoms with van der Waals surface area (Å²) in [5.41, 5.74) is 4.88. The minimum absolute atomic E-state index is 0.0832. The van der Waals surface area contributed by atoms with Crippen LogP contribution < -0.4 is 10.8 Å². The number of anilines is 1. The summed E-state index contributed by atoms with van der Waals surface area (Å²) in [4.78, 5) is 20.0. The Bertz CT molecular complexity index is 1080. The lowest BCUT2D eigenvalue weighted by molar-refractivity contribution is -0.117.